The summed E-state index contributed by atoms with van der Waals surface area (Å²) < 4.78 is 67.0. The number of carbonyl (C=O) groups excluding carboxylic acids is 3. The van der Waals surface area contributed by atoms with E-state index in [0.717, 1.165) is 30.3 Å². The molecule has 2 atom stereocenters. The van der Waals surface area contributed by atoms with E-state index in [1.807, 2.05) is 0 Å². The number of pyridine rings is 1. The third kappa shape index (κ3) is 7.77. The van der Waals surface area contributed by atoms with Gasteiger partial charge in [0.1, 0.15) is 24.8 Å². The van der Waals surface area contributed by atoms with Crippen molar-refractivity contribution in [2.45, 2.75) is 76.5 Å². The smallest absolute Gasteiger partial charge is 0.308 e. The van der Waals surface area contributed by atoms with Crippen molar-refractivity contribution in [2.75, 3.05) is 6.61 Å². The summed E-state index contributed by atoms with van der Waals surface area (Å²) in [4.78, 5) is 52.8. The van der Waals surface area contributed by atoms with Crippen LogP contribution in [0, 0.1) is 23.3 Å². The summed E-state index contributed by atoms with van der Waals surface area (Å²) in [5, 5.41) is 3.59. The Morgan fingerprint density at radius 1 is 1.00 bits per heavy atom. The van der Waals surface area contributed by atoms with Crippen LogP contribution in [0.2, 0.25) is 5.02 Å². The van der Waals surface area contributed by atoms with Gasteiger partial charge in [-0.05, 0) is 55.7 Å². The molecule has 44 heavy (non-hydrogen) atoms. The molecule has 1 aromatic heterocycles. The topological polar surface area (TPSA) is 104 Å². The van der Waals surface area contributed by atoms with Crippen molar-refractivity contribution in [2.24, 2.45) is 0 Å². The van der Waals surface area contributed by atoms with Crippen LogP contribution in [-0.2, 0) is 19.1 Å². The highest BCUT2D eigenvalue weighted by Gasteiger charge is 2.31. The van der Waals surface area contributed by atoms with Crippen molar-refractivity contribution in [3.63, 3.8) is 0 Å². The minimum absolute atomic E-state index is 0.0144. The standard InChI is InChI=1S/C31H31ClF4N2O6/c1-2-24(38-12-11-17-9-10-18(32)13-20(17)31(38)42)30(41)37-23(15-26(40)44-19-7-5-3-4-6-8-19)25(39)16-43-29-27(35)21(33)14-22(34)28(29)36/h9-14,19,23-24H,2-8,15-16H2,1H3,(H,37,41)/t23?,24-/m0/s1. The number of fused-ring (bicyclic) bond motifs is 1. The quantitative estimate of drug-likeness (QED) is 0.120. The zero-order valence-electron chi connectivity index (χ0n) is 23.8. The number of carbonyl (C=O) groups is 3. The van der Waals surface area contributed by atoms with Gasteiger partial charge in [-0.25, -0.2) is 8.78 Å². The maximum absolute atomic E-state index is 14.1. The molecule has 0 bridgehead atoms. The Bertz CT molecular complexity index is 1580. The number of rotatable bonds is 11. The molecule has 236 valence electrons. The monoisotopic (exact) mass is 638 g/mol. The van der Waals surface area contributed by atoms with Crippen LogP contribution in [0.25, 0.3) is 10.8 Å². The maximum atomic E-state index is 14.1. The van der Waals surface area contributed by atoms with Crippen molar-refractivity contribution < 1.29 is 41.4 Å². The number of halogens is 5. The number of hydrogen-bond acceptors (Lipinski definition) is 6. The van der Waals surface area contributed by atoms with E-state index in [1.165, 1.54) is 12.3 Å². The van der Waals surface area contributed by atoms with Gasteiger partial charge in [-0.1, -0.05) is 37.4 Å². The van der Waals surface area contributed by atoms with Gasteiger partial charge in [0.05, 0.1) is 6.42 Å². The molecule has 1 amide bonds. The van der Waals surface area contributed by atoms with Gasteiger partial charge in [-0.15, -0.1) is 0 Å². The van der Waals surface area contributed by atoms with Crippen LogP contribution in [0.4, 0.5) is 17.6 Å². The highest BCUT2D eigenvalue weighted by Crippen LogP contribution is 2.27. The number of benzene rings is 2. The van der Waals surface area contributed by atoms with Crippen molar-refractivity contribution in [3.05, 3.63) is 75.2 Å². The first-order chi connectivity index (χ1) is 21.0. The van der Waals surface area contributed by atoms with E-state index in [1.54, 1.807) is 25.1 Å². The van der Waals surface area contributed by atoms with Gasteiger partial charge >= 0.3 is 5.97 Å². The summed E-state index contributed by atoms with van der Waals surface area (Å²) in [6.45, 7) is 0.479. The first-order valence-electron chi connectivity index (χ1n) is 14.3. The fourth-order valence-electron chi connectivity index (χ4n) is 5.18. The zero-order valence-corrected chi connectivity index (χ0v) is 24.6. The first-order valence-corrected chi connectivity index (χ1v) is 14.7. The van der Waals surface area contributed by atoms with Gasteiger partial charge in [0.2, 0.25) is 17.5 Å². The molecule has 1 heterocycles. The average molecular weight is 639 g/mol. The SMILES string of the molecule is CC[C@@H](C(=O)NC(CC(=O)OC1CCCCCC1)C(=O)COc1c(F)c(F)cc(F)c1F)n1ccc2ccc(Cl)cc2c1=O. The molecule has 13 heteroatoms. The van der Waals surface area contributed by atoms with E-state index in [9.17, 15) is 36.7 Å². The molecule has 1 N–H and O–H groups in total. The van der Waals surface area contributed by atoms with E-state index in [2.05, 4.69) is 5.32 Å². The van der Waals surface area contributed by atoms with Gasteiger partial charge in [0.15, 0.2) is 23.2 Å². The summed E-state index contributed by atoms with van der Waals surface area (Å²) in [6, 6.07) is 3.57. The third-order valence-corrected chi connectivity index (χ3v) is 7.76. The summed E-state index contributed by atoms with van der Waals surface area (Å²) in [5.41, 5.74) is -0.523. The minimum Gasteiger partial charge on any atom is -0.479 e. The zero-order chi connectivity index (χ0) is 32.0. The van der Waals surface area contributed by atoms with Crippen LogP contribution in [0.5, 0.6) is 5.75 Å². The number of aromatic nitrogens is 1. The molecule has 8 nitrogen and oxygen atoms in total. The van der Waals surface area contributed by atoms with Gasteiger partial charge in [0, 0.05) is 22.7 Å². The van der Waals surface area contributed by atoms with Gasteiger partial charge in [-0.3, -0.25) is 19.2 Å². The number of ether oxygens (including phenoxy) is 2. The average Bonchev–Trinajstić information content (AvgIpc) is 3.26. The summed E-state index contributed by atoms with van der Waals surface area (Å²) in [7, 11) is 0. The lowest BCUT2D eigenvalue weighted by Gasteiger charge is -2.24. The lowest BCUT2D eigenvalue weighted by molar-refractivity contribution is -0.151. The van der Waals surface area contributed by atoms with Gasteiger partial charge < -0.3 is 19.4 Å². The van der Waals surface area contributed by atoms with E-state index in [0.29, 0.717) is 23.3 Å². The molecule has 4 rings (SSSR count). The molecule has 2 aromatic carbocycles. The van der Waals surface area contributed by atoms with Crippen molar-refractivity contribution >= 4 is 40.0 Å². The second-order valence-electron chi connectivity index (χ2n) is 10.6. The summed E-state index contributed by atoms with van der Waals surface area (Å²) in [6.07, 6.45) is 5.45. The Hall–Kier alpha value is -3.93. The molecular weight excluding hydrogens is 608 g/mol. The second-order valence-corrected chi connectivity index (χ2v) is 11.0. The Labute approximate surface area is 255 Å². The number of amides is 1. The molecule has 0 aliphatic heterocycles. The molecular formula is C31H31ClF4N2O6. The number of esters is 1. The highest BCUT2D eigenvalue weighted by molar-refractivity contribution is 6.31. The molecule has 0 radical (unpaired) electrons. The fraction of sp³-hybridized carbons (Fsp3) is 0.419. The third-order valence-electron chi connectivity index (χ3n) is 7.53. The molecule has 0 saturated heterocycles. The van der Waals surface area contributed by atoms with Crippen LogP contribution in [0.15, 0.2) is 41.3 Å². The Morgan fingerprint density at radius 2 is 1.66 bits per heavy atom. The van der Waals surface area contributed by atoms with Crippen molar-refractivity contribution in [1.82, 2.24) is 9.88 Å². The number of nitrogens with one attached hydrogen (secondary N) is 1. The maximum Gasteiger partial charge on any atom is 0.308 e. The number of Topliss-reactive ketones (excluding diaryl/α,β-unsaturated/α-hetero) is 1. The Kier molecular flexibility index (Phi) is 11.0. The fourth-order valence-corrected chi connectivity index (χ4v) is 5.35. The molecule has 1 aliphatic carbocycles. The van der Waals surface area contributed by atoms with Crippen LogP contribution >= 0.6 is 11.6 Å². The number of hydrogen-bond donors (Lipinski definition) is 1. The molecule has 3 aromatic rings. The van der Waals surface area contributed by atoms with Crippen LogP contribution < -0.4 is 15.6 Å². The second kappa shape index (κ2) is 14.7. The molecule has 1 fully saturated rings. The molecule has 0 spiro atoms. The molecule has 1 unspecified atom stereocenters. The van der Waals surface area contributed by atoms with Gasteiger partial charge in [0.25, 0.3) is 5.56 Å². The Balaban J connectivity index is 1.57. The summed E-state index contributed by atoms with van der Waals surface area (Å²) in [5.74, 6) is -11.3. The van der Waals surface area contributed by atoms with Gasteiger partial charge in [-0.2, -0.15) is 8.78 Å². The van der Waals surface area contributed by atoms with E-state index in [-0.39, 0.29) is 24.0 Å². The lowest BCUT2D eigenvalue weighted by atomic mass is 10.1. The normalized spacial score (nSPS) is 15.3. The molecule has 1 aliphatic rings. The summed E-state index contributed by atoms with van der Waals surface area (Å²) >= 11 is 6.05. The first kappa shape index (κ1) is 33.0. The molecule has 1 saturated carbocycles. The Morgan fingerprint density at radius 3 is 2.30 bits per heavy atom. The van der Waals surface area contributed by atoms with E-state index >= 15 is 0 Å². The number of ketones is 1. The van der Waals surface area contributed by atoms with Crippen LogP contribution in [0.3, 0.4) is 0 Å². The predicted octanol–water partition coefficient (Wildman–Crippen LogP) is 5.95. The highest BCUT2D eigenvalue weighted by atomic mass is 35.5. The van der Waals surface area contributed by atoms with Crippen LogP contribution in [-0.4, -0.2) is 41.0 Å². The lowest BCUT2D eigenvalue weighted by Crippen LogP contribution is -2.48. The van der Waals surface area contributed by atoms with Crippen molar-refractivity contribution in [1.29, 1.82) is 0 Å². The van der Waals surface area contributed by atoms with E-state index in [4.69, 9.17) is 21.1 Å². The van der Waals surface area contributed by atoms with Crippen molar-refractivity contribution in [3.8, 4) is 5.75 Å². The van der Waals surface area contributed by atoms with E-state index < -0.39 is 77.3 Å². The largest absolute Gasteiger partial charge is 0.479 e. The number of nitrogens with zero attached hydrogens (tertiary/aromatic N) is 1. The minimum atomic E-state index is -1.85. The predicted molar refractivity (Wildman–Crippen MR) is 153 cm³/mol. The van der Waals surface area contributed by atoms with Crippen LogP contribution in [0.1, 0.15) is 64.3 Å².